The lowest BCUT2D eigenvalue weighted by Gasteiger charge is -2.29. The highest BCUT2D eigenvalue weighted by Crippen LogP contribution is 2.39. The average Bonchev–Trinajstić information content (AvgIpc) is 3.13. The third-order valence-electron chi connectivity index (χ3n) is 3.42. The summed E-state index contributed by atoms with van der Waals surface area (Å²) in [5, 5.41) is 3.02. The maximum Gasteiger partial charge on any atom is 0.270 e. The number of rotatable bonds is 4. The highest BCUT2D eigenvalue weighted by atomic mass is 16.2. The number of nitrogens with one attached hydrogen (secondary N) is 1. The molecule has 0 radical (unpaired) electrons. The molecule has 2 rings (SSSR count). The highest BCUT2D eigenvalue weighted by Gasteiger charge is 2.41. The first-order valence-electron chi connectivity index (χ1n) is 6.01. The number of nitrogens with zero attached hydrogens (tertiary/aromatic N) is 1. The van der Waals surface area contributed by atoms with Crippen LogP contribution in [0.4, 0.5) is 0 Å². The minimum Gasteiger partial charge on any atom is -0.344 e. The lowest BCUT2D eigenvalue weighted by Crippen LogP contribution is -2.53. The Morgan fingerprint density at radius 2 is 2.29 bits per heavy atom. The largest absolute Gasteiger partial charge is 0.344 e. The second kappa shape index (κ2) is 4.45. The van der Waals surface area contributed by atoms with Gasteiger partial charge in [0.25, 0.3) is 5.91 Å². The molecule has 1 fully saturated rings. The molecule has 1 saturated carbocycles. The zero-order chi connectivity index (χ0) is 12.5. The summed E-state index contributed by atoms with van der Waals surface area (Å²) < 4.78 is 0. The summed E-state index contributed by atoms with van der Waals surface area (Å²) in [6, 6.07) is 5.44. The van der Waals surface area contributed by atoms with Gasteiger partial charge in [-0.05, 0) is 44.7 Å². The summed E-state index contributed by atoms with van der Waals surface area (Å²) in [5.74, 6) is 0.384. The first-order chi connectivity index (χ1) is 8.05. The van der Waals surface area contributed by atoms with E-state index in [-0.39, 0.29) is 11.4 Å². The zero-order valence-electron chi connectivity index (χ0n) is 10.4. The van der Waals surface area contributed by atoms with Gasteiger partial charge in [-0.3, -0.25) is 4.79 Å². The Morgan fingerprint density at radius 3 is 2.82 bits per heavy atom. The Balaban J connectivity index is 2.10. The van der Waals surface area contributed by atoms with Crippen LogP contribution in [0.2, 0.25) is 0 Å². The minimum atomic E-state index is -0.289. The van der Waals surface area contributed by atoms with Crippen molar-refractivity contribution >= 4 is 5.91 Å². The monoisotopic (exact) mass is 233 g/mol. The summed E-state index contributed by atoms with van der Waals surface area (Å²) in [7, 11) is 0. The fourth-order valence-electron chi connectivity index (χ4n) is 2.03. The van der Waals surface area contributed by atoms with Gasteiger partial charge >= 0.3 is 0 Å². The number of aromatic nitrogens is 1. The van der Waals surface area contributed by atoms with Gasteiger partial charge in [0, 0.05) is 12.2 Å². The number of carbonyl (C=O) groups excluding carboxylic acids is 1. The molecule has 1 aliphatic carbocycles. The first kappa shape index (κ1) is 12.0. The number of hydrogen-bond donors (Lipinski definition) is 2. The van der Waals surface area contributed by atoms with Gasteiger partial charge < -0.3 is 11.1 Å². The number of aryl methyl sites for hydroxylation is 1. The Kier molecular flexibility index (Phi) is 3.15. The summed E-state index contributed by atoms with van der Waals surface area (Å²) >= 11 is 0. The fourth-order valence-corrected chi connectivity index (χ4v) is 2.03. The molecule has 1 aromatic rings. The molecule has 1 aromatic heterocycles. The van der Waals surface area contributed by atoms with Crippen molar-refractivity contribution < 1.29 is 4.79 Å². The van der Waals surface area contributed by atoms with E-state index in [4.69, 9.17) is 5.73 Å². The SMILES string of the molecule is Cc1cccc(C(=O)NC(C)(CN)C2CC2)n1. The van der Waals surface area contributed by atoms with Gasteiger partial charge in [0.05, 0.1) is 5.54 Å². The Morgan fingerprint density at radius 1 is 1.59 bits per heavy atom. The van der Waals surface area contributed by atoms with E-state index in [2.05, 4.69) is 10.3 Å². The lowest BCUT2D eigenvalue weighted by molar-refractivity contribution is 0.0892. The summed E-state index contributed by atoms with van der Waals surface area (Å²) in [6.45, 7) is 4.35. The molecule has 0 aromatic carbocycles. The van der Waals surface area contributed by atoms with Crippen LogP contribution in [0.5, 0.6) is 0 Å². The average molecular weight is 233 g/mol. The van der Waals surface area contributed by atoms with Crippen molar-refractivity contribution in [2.45, 2.75) is 32.2 Å². The molecule has 0 saturated heterocycles. The topological polar surface area (TPSA) is 68.0 Å². The van der Waals surface area contributed by atoms with E-state index in [1.807, 2.05) is 26.0 Å². The van der Waals surface area contributed by atoms with E-state index in [1.54, 1.807) is 6.07 Å². The van der Waals surface area contributed by atoms with Crippen LogP contribution in [0.3, 0.4) is 0 Å². The van der Waals surface area contributed by atoms with Gasteiger partial charge in [0.2, 0.25) is 0 Å². The molecule has 1 unspecified atom stereocenters. The van der Waals surface area contributed by atoms with Crippen molar-refractivity contribution in [3.8, 4) is 0 Å². The summed E-state index contributed by atoms with van der Waals surface area (Å²) in [4.78, 5) is 16.3. The summed E-state index contributed by atoms with van der Waals surface area (Å²) in [5.41, 5.74) is 6.79. The van der Waals surface area contributed by atoms with Crippen LogP contribution in [0.25, 0.3) is 0 Å². The number of nitrogens with two attached hydrogens (primary N) is 1. The van der Waals surface area contributed by atoms with Gasteiger partial charge in [-0.25, -0.2) is 4.98 Å². The van der Waals surface area contributed by atoms with Crippen molar-refractivity contribution in [3.05, 3.63) is 29.6 Å². The molecule has 1 atom stereocenters. The van der Waals surface area contributed by atoms with E-state index in [1.165, 1.54) is 0 Å². The van der Waals surface area contributed by atoms with Crippen molar-refractivity contribution in [1.29, 1.82) is 0 Å². The molecule has 1 amide bonds. The fraction of sp³-hybridized carbons (Fsp3) is 0.538. The van der Waals surface area contributed by atoms with Crippen LogP contribution < -0.4 is 11.1 Å². The molecule has 4 nitrogen and oxygen atoms in total. The predicted molar refractivity (Wildman–Crippen MR) is 66.6 cm³/mol. The van der Waals surface area contributed by atoms with Crippen molar-refractivity contribution in [1.82, 2.24) is 10.3 Å². The van der Waals surface area contributed by atoms with Crippen molar-refractivity contribution in [2.75, 3.05) is 6.54 Å². The van der Waals surface area contributed by atoms with E-state index in [0.717, 1.165) is 18.5 Å². The molecule has 0 bridgehead atoms. The van der Waals surface area contributed by atoms with Crippen LogP contribution in [-0.2, 0) is 0 Å². The van der Waals surface area contributed by atoms with Crippen LogP contribution in [0.1, 0.15) is 35.9 Å². The zero-order valence-corrected chi connectivity index (χ0v) is 10.4. The normalized spacial score (nSPS) is 18.5. The third kappa shape index (κ3) is 2.64. The molecule has 0 spiro atoms. The Hall–Kier alpha value is -1.42. The first-order valence-corrected chi connectivity index (χ1v) is 6.01. The number of amides is 1. The second-order valence-corrected chi connectivity index (χ2v) is 5.01. The predicted octanol–water partition coefficient (Wildman–Crippen LogP) is 1.25. The van der Waals surface area contributed by atoms with E-state index < -0.39 is 0 Å². The quantitative estimate of drug-likeness (QED) is 0.822. The second-order valence-electron chi connectivity index (χ2n) is 5.01. The van der Waals surface area contributed by atoms with Gasteiger partial charge in [-0.1, -0.05) is 6.07 Å². The molecule has 0 aliphatic heterocycles. The molecule has 17 heavy (non-hydrogen) atoms. The van der Waals surface area contributed by atoms with Gasteiger partial charge in [-0.15, -0.1) is 0 Å². The standard InChI is InChI=1S/C13H19N3O/c1-9-4-3-5-11(15-9)12(17)16-13(2,8-14)10-6-7-10/h3-5,10H,6-8,14H2,1-2H3,(H,16,17). The molecule has 1 aliphatic rings. The number of pyridine rings is 1. The minimum absolute atomic E-state index is 0.131. The molecule has 4 heteroatoms. The Labute approximate surface area is 102 Å². The van der Waals surface area contributed by atoms with Crippen LogP contribution in [-0.4, -0.2) is 23.0 Å². The molecular weight excluding hydrogens is 214 g/mol. The van der Waals surface area contributed by atoms with Crippen LogP contribution >= 0.6 is 0 Å². The molecule has 92 valence electrons. The van der Waals surface area contributed by atoms with Gasteiger partial charge in [0.15, 0.2) is 0 Å². The third-order valence-corrected chi connectivity index (χ3v) is 3.42. The Bertz CT molecular complexity index is 428. The van der Waals surface area contributed by atoms with Crippen molar-refractivity contribution in [3.63, 3.8) is 0 Å². The molecular formula is C13H19N3O. The smallest absolute Gasteiger partial charge is 0.270 e. The van der Waals surface area contributed by atoms with Gasteiger partial charge in [0.1, 0.15) is 5.69 Å². The molecule has 1 heterocycles. The van der Waals surface area contributed by atoms with Crippen molar-refractivity contribution in [2.24, 2.45) is 11.7 Å². The van der Waals surface area contributed by atoms with E-state index >= 15 is 0 Å². The van der Waals surface area contributed by atoms with Crippen LogP contribution in [0, 0.1) is 12.8 Å². The highest BCUT2D eigenvalue weighted by molar-refractivity contribution is 5.92. The number of carbonyl (C=O) groups is 1. The maximum atomic E-state index is 12.1. The maximum absolute atomic E-state index is 12.1. The van der Waals surface area contributed by atoms with E-state index in [9.17, 15) is 4.79 Å². The summed E-state index contributed by atoms with van der Waals surface area (Å²) in [6.07, 6.45) is 2.30. The molecule has 3 N–H and O–H groups in total. The van der Waals surface area contributed by atoms with Crippen LogP contribution in [0.15, 0.2) is 18.2 Å². The number of hydrogen-bond acceptors (Lipinski definition) is 3. The van der Waals surface area contributed by atoms with E-state index in [0.29, 0.717) is 18.2 Å². The lowest BCUT2D eigenvalue weighted by atomic mass is 9.96. The van der Waals surface area contributed by atoms with Gasteiger partial charge in [-0.2, -0.15) is 0 Å².